The Balaban J connectivity index is 1.50. The van der Waals surface area contributed by atoms with Gasteiger partial charge in [0.25, 0.3) is 11.8 Å². The van der Waals surface area contributed by atoms with E-state index in [4.69, 9.17) is 41.9 Å². The van der Waals surface area contributed by atoms with Gasteiger partial charge >= 0.3 is 0 Å². The lowest BCUT2D eigenvalue weighted by Crippen LogP contribution is -2.85. The number of benzene rings is 1. The summed E-state index contributed by atoms with van der Waals surface area (Å²) in [4.78, 5) is 41.4. The van der Waals surface area contributed by atoms with Crippen molar-refractivity contribution in [1.82, 2.24) is 10.2 Å². The molecular weight excluding hydrogens is 696 g/mol. The highest BCUT2D eigenvalue weighted by Crippen LogP contribution is 2.46. The Bertz CT molecular complexity index is 1520. The zero-order valence-corrected chi connectivity index (χ0v) is 31.2. The Hall–Kier alpha value is -2.69. The van der Waals surface area contributed by atoms with Crippen molar-refractivity contribution < 1.29 is 53.8 Å². The van der Waals surface area contributed by atoms with Crippen LogP contribution in [0.1, 0.15) is 46.9 Å². The second-order valence-corrected chi connectivity index (χ2v) is 20.9. The van der Waals surface area contributed by atoms with Crippen molar-refractivity contribution >= 4 is 25.7 Å². The maximum atomic E-state index is 14.5. The third kappa shape index (κ3) is 7.01. The van der Waals surface area contributed by atoms with Crippen LogP contribution in [0.25, 0.3) is 0 Å². The van der Waals surface area contributed by atoms with Crippen LogP contribution in [0, 0.1) is 0 Å². The van der Waals surface area contributed by atoms with Gasteiger partial charge in [-0.3, -0.25) is 19.3 Å². The number of hydrogen-bond acceptors (Lipinski definition) is 16. The van der Waals surface area contributed by atoms with Crippen LogP contribution >= 0.6 is 0 Å². The first kappa shape index (κ1) is 40.5. The van der Waals surface area contributed by atoms with Gasteiger partial charge in [0.2, 0.25) is 6.29 Å². The van der Waals surface area contributed by atoms with Gasteiger partial charge in [0.05, 0.1) is 44.4 Å². The fourth-order valence-corrected chi connectivity index (χ4v) is 10.1. The summed E-state index contributed by atoms with van der Waals surface area (Å²) in [5.41, 5.74) is 22.6. The number of imide groups is 1. The highest BCUT2D eigenvalue weighted by molar-refractivity contribution is 6.79. The van der Waals surface area contributed by atoms with Crippen LogP contribution in [-0.2, 0) is 23.7 Å². The topological polar surface area (TPSA) is 288 Å². The predicted molar refractivity (Wildman–Crippen MR) is 189 cm³/mol. The van der Waals surface area contributed by atoms with Crippen molar-refractivity contribution in [2.45, 2.75) is 117 Å². The Morgan fingerprint density at radius 3 is 2.27 bits per heavy atom. The largest absolute Gasteiger partial charge is 0.467 e. The molecule has 12 atom stereocenters. The number of ketones is 1. The highest BCUT2D eigenvalue weighted by atomic mass is 28.3. The fraction of sp³-hybridized carbons (Fsp3) is 0.676. The van der Waals surface area contributed by atoms with Crippen molar-refractivity contribution in [3.05, 3.63) is 47.2 Å². The molecule has 0 spiro atoms. The molecule has 4 aliphatic rings. The van der Waals surface area contributed by atoms with E-state index < -0.39 is 104 Å². The van der Waals surface area contributed by atoms with Gasteiger partial charge in [-0.05, 0) is 51.4 Å². The molecule has 1 aromatic carbocycles. The lowest BCUT2D eigenvalue weighted by atomic mass is 9.69. The summed E-state index contributed by atoms with van der Waals surface area (Å²) in [6.45, 7) is 6.28. The van der Waals surface area contributed by atoms with Crippen LogP contribution in [0.15, 0.2) is 36.1 Å². The number of amides is 2. The normalized spacial score (nSPS) is 38.8. The zero-order chi connectivity index (χ0) is 38.6. The average molecular weight is 751 g/mol. The Morgan fingerprint density at radius 2 is 1.71 bits per heavy atom. The summed E-state index contributed by atoms with van der Waals surface area (Å²) in [7, 11) is -1.59. The quantitative estimate of drug-likeness (QED) is 0.0781. The molecule has 1 unspecified atom stereocenters. The summed E-state index contributed by atoms with van der Waals surface area (Å²) in [6, 6.07) is 3.50. The monoisotopic (exact) mass is 750 g/mol. The molecule has 1 aromatic rings. The average Bonchev–Trinajstić information content (AvgIpc) is 3.32. The lowest BCUT2D eigenvalue weighted by molar-refractivity contribution is -0.316. The minimum Gasteiger partial charge on any atom is -0.467 e. The van der Waals surface area contributed by atoms with E-state index in [-0.39, 0.29) is 37.2 Å². The second kappa shape index (κ2) is 14.9. The number of hydrogen-bond donors (Lipinski definition) is 9. The predicted octanol–water partition coefficient (Wildman–Crippen LogP) is -2.62. The third-order valence-corrected chi connectivity index (χ3v) is 13.8. The molecular formula is C34H54N6O11Si. The summed E-state index contributed by atoms with van der Waals surface area (Å²) in [5, 5.41) is 47.5. The Kier molecular flexibility index (Phi) is 11.6. The highest BCUT2D eigenvalue weighted by Gasteiger charge is 2.69. The zero-order valence-electron chi connectivity index (χ0n) is 30.2. The van der Waals surface area contributed by atoms with Crippen LogP contribution in [0.2, 0.25) is 19.6 Å². The molecule has 2 amide bonds. The van der Waals surface area contributed by atoms with Crippen molar-refractivity contribution in [2.75, 3.05) is 26.7 Å². The summed E-state index contributed by atoms with van der Waals surface area (Å²) < 4.78 is 24.6. The van der Waals surface area contributed by atoms with E-state index in [1.807, 2.05) is 0 Å². The number of rotatable bonds is 12. The number of nitrogens with one attached hydrogen (secondary N) is 1. The molecule has 2 fully saturated rings. The van der Waals surface area contributed by atoms with E-state index in [0.717, 1.165) is 4.90 Å². The molecule has 1 saturated heterocycles. The lowest BCUT2D eigenvalue weighted by Gasteiger charge is -2.60. The van der Waals surface area contributed by atoms with Crippen LogP contribution in [0.4, 0.5) is 0 Å². The van der Waals surface area contributed by atoms with E-state index in [9.17, 15) is 34.8 Å². The van der Waals surface area contributed by atoms with Gasteiger partial charge in [0.15, 0.2) is 12.1 Å². The van der Waals surface area contributed by atoms with Gasteiger partial charge in [-0.1, -0.05) is 31.8 Å². The van der Waals surface area contributed by atoms with E-state index in [0.29, 0.717) is 12.2 Å². The number of fused-ring (bicyclic) bond motifs is 1. The van der Waals surface area contributed by atoms with Gasteiger partial charge in [-0.15, -0.1) is 0 Å². The molecule has 0 aromatic heterocycles. The first-order valence-electron chi connectivity index (χ1n) is 17.5. The first-order chi connectivity index (χ1) is 24.2. The summed E-state index contributed by atoms with van der Waals surface area (Å²) >= 11 is 0. The van der Waals surface area contributed by atoms with Gasteiger partial charge in [-0.25, -0.2) is 0 Å². The van der Waals surface area contributed by atoms with Crippen LogP contribution in [-0.4, -0.2) is 149 Å². The maximum Gasteiger partial charge on any atom is 0.261 e. The number of likely N-dealkylation sites (N-methyl/N-ethyl adjacent to an activating group) is 1. The molecule has 5 rings (SSSR count). The molecule has 0 radical (unpaired) electrons. The SMILES string of the molecule is CN[C@@H]1[C@@H](O)[C@@H](O[C@@H]2[C@](O)([Si](C)(C)C)[C@H](O[C@H]3OC(CN)=CC[C@H]3N)[C@@H](N)C[C@]2(N)C(=O)C(O)CCN2C(=O)c3ccccc3C2=O)OC[C@]1(C)O. The smallest absolute Gasteiger partial charge is 0.261 e. The summed E-state index contributed by atoms with van der Waals surface area (Å²) in [5.74, 6) is -1.69. The van der Waals surface area contributed by atoms with Gasteiger partial charge < -0.3 is 67.6 Å². The van der Waals surface area contributed by atoms with E-state index in [1.165, 1.54) is 26.1 Å². The Labute approximate surface area is 303 Å². The fourth-order valence-electron chi connectivity index (χ4n) is 7.85. The van der Waals surface area contributed by atoms with Crippen molar-refractivity contribution in [3.8, 4) is 0 Å². The minimum absolute atomic E-state index is 0.0691. The van der Waals surface area contributed by atoms with Crippen LogP contribution in [0.3, 0.4) is 0 Å². The number of aliphatic hydroxyl groups excluding tert-OH is 2. The van der Waals surface area contributed by atoms with Crippen molar-refractivity contribution in [2.24, 2.45) is 22.9 Å². The van der Waals surface area contributed by atoms with E-state index in [1.54, 1.807) is 37.8 Å². The van der Waals surface area contributed by atoms with Crippen LogP contribution in [0.5, 0.6) is 0 Å². The molecule has 17 nitrogen and oxygen atoms in total. The molecule has 3 aliphatic heterocycles. The number of ether oxygens (including phenoxy) is 4. The van der Waals surface area contributed by atoms with E-state index >= 15 is 0 Å². The van der Waals surface area contributed by atoms with Gasteiger partial charge in [-0.2, -0.15) is 0 Å². The Morgan fingerprint density at radius 1 is 1.10 bits per heavy atom. The molecule has 1 aliphatic carbocycles. The molecule has 1 saturated carbocycles. The van der Waals surface area contributed by atoms with Crippen molar-refractivity contribution in [1.29, 1.82) is 0 Å². The minimum atomic E-state index is -3.13. The molecule has 52 heavy (non-hydrogen) atoms. The number of nitrogens with zero attached hydrogens (tertiary/aromatic N) is 1. The summed E-state index contributed by atoms with van der Waals surface area (Å²) in [6.07, 6.45) is -7.74. The maximum absolute atomic E-state index is 14.5. The number of aliphatic hydroxyl groups is 4. The van der Waals surface area contributed by atoms with Crippen molar-refractivity contribution in [3.63, 3.8) is 0 Å². The number of carbonyl (C=O) groups is 3. The molecule has 3 heterocycles. The number of Topliss-reactive ketones (excluding diaryl/α,β-unsaturated/α-hetero) is 1. The molecule has 290 valence electrons. The molecule has 18 heteroatoms. The third-order valence-electron chi connectivity index (χ3n) is 10.9. The second-order valence-electron chi connectivity index (χ2n) is 15.6. The van der Waals surface area contributed by atoms with Gasteiger partial charge in [0, 0.05) is 12.6 Å². The van der Waals surface area contributed by atoms with Crippen LogP contribution < -0.4 is 28.3 Å². The number of nitrogens with two attached hydrogens (primary N) is 4. The molecule has 13 N–H and O–H groups in total. The number of carbonyl (C=O) groups excluding carboxylic acids is 3. The molecule has 0 bridgehead atoms. The van der Waals surface area contributed by atoms with E-state index in [2.05, 4.69) is 5.32 Å². The standard InChI is InChI=1S/C34H54N6O11Si/c1-32(46)16-48-30(23(42)24(32)39-2)51-31-33(38,25(43)22(41)12-13-40-27(44)18-8-6-7-9-19(18)28(40)45)14-21(37)26(34(31,47)52(3,4)5)50-29-20(36)11-10-17(15-35)49-29/h6-10,20-24,26,29-31,39,41-42,46-47H,11-16,35-38H2,1-5H3/t20-,21+,22?,23-,24-,26-,29-,30-,31+,32+,33+,34-/m1/s1. The first-order valence-corrected chi connectivity index (χ1v) is 21.0. The van der Waals surface area contributed by atoms with Gasteiger partial charge in [0.1, 0.15) is 46.5 Å².